The standard InChI is InChI=1S/C27H44ClN5O5.C4H4O4/c1-16(2)18(24(36)31-14-26(3,4)25(30)37)11-21(34)19(29)12-32-13-23(35)33(15-27(32,5)6)20-10-17(28)8-9-22(20)38-7;5-3(6)1-2-4(7)8/h8-10,16,18-19,21,34H,11-15,29H2,1-7H3,(H2,30,37)(H,31,36);1-2H,(H,5,6)(H,7,8)/b;2-1+/t18-,19-,21-;/m0./s1. The lowest BCUT2D eigenvalue weighted by Crippen LogP contribution is -2.64. The largest absolute Gasteiger partial charge is 0.495 e. The highest BCUT2D eigenvalue weighted by molar-refractivity contribution is 6.31. The van der Waals surface area contributed by atoms with E-state index in [2.05, 4.69) is 5.32 Å². The van der Waals surface area contributed by atoms with Gasteiger partial charge in [-0.2, -0.15) is 0 Å². The molecule has 0 aromatic heterocycles. The number of benzene rings is 1. The van der Waals surface area contributed by atoms with Gasteiger partial charge in [-0.25, -0.2) is 9.59 Å². The monoisotopic (exact) mass is 669 g/mol. The van der Waals surface area contributed by atoms with E-state index in [1.54, 1.807) is 44.1 Å². The number of amides is 3. The predicted octanol–water partition coefficient (Wildman–Crippen LogP) is 1.47. The number of carboxylic acid groups (broad SMARTS) is 2. The lowest BCUT2D eigenvalue weighted by atomic mass is 9.86. The van der Waals surface area contributed by atoms with Crippen LogP contribution in [-0.4, -0.2) is 101 Å². The Balaban J connectivity index is 0.00000116. The van der Waals surface area contributed by atoms with Crippen LogP contribution in [0.2, 0.25) is 5.02 Å². The van der Waals surface area contributed by atoms with E-state index in [4.69, 9.17) is 38.0 Å². The minimum absolute atomic E-state index is 0.0669. The van der Waals surface area contributed by atoms with Gasteiger partial charge in [-0.1, -0.05) is 25.4 Å². The van der Waals surface area contributed by atoms with Gasteiger partial charge >= 0.3 is 11.9 Å². The molecule has 1 fully saturated rings. The molecular weight excluding hydrogens is 622 g/mol. The summed E-state index contributed by atoms with van der Waals surface area (Å²) in [6.45, 7) is 12.0. The Bertz CT molecular complexity index is 1270. The Hall–Kier alpha value is -3.72. The lowest BCUT2D eigenvalue weighted by molar-refractivity contribution is -0.134. The predicted molar refractivity (Wildman–Crippen MR) is 173 cm³/mol. The van der Waals surface area contributed by atoms with Crippen LogP contribution in [0.1, 0.15) is 48.0 Å². The van der Waals surface area contributed by atoms with Gasteiger partial charge in [0.05, 0.1) is 30.9 Å². The number of carbonyl (C=O) groups is 5. The summed E-state index contributed by atoms with van der Waals surface area (Å²) in [4.78, 5) is 60.4. The fourth-order valence-electron chi connectivity index (χ4n) is 4.60. The SMILES string of the molecule is COc1ccc(Cl)cc1N1CC(C)(C)N(C[C@H](N)[C@@H](O)C[C@H](C(=O)NCC(C)(C)C(N)=O)C(C)C)CC1=O.O=C(O)/C=C/C(=O)O. The maximum absolute atomic E-state index is 13.2. The van der Waals surface area contributed by atoms with Crippen LogP contribution in [0.5, 0.6) is 5.75 Å². The van der Waals surface area contributed by atoms with E-state index in [1.807, 2.05) is 32.6 Å². The summed E-state index contributed by atoms with van der Waals surface area (Å²) >= 11 is 6.19. The number of anilines is 1. The summed E-state index contributed by atoms with van der Waals surface area (Å²) < 4.78 is 5.44. The number of hydrogen-bond donors (Lipinski definition) is 6. The maximum Gasteiger partial charge on any atom is 0.328 e. The molecule has 1 saturated heterocycles. The minimum atomic E-state index is -1.26. The highest BCUT2D eigenvalue weighted by Crippen LogP contribution is 2.35. The number of carboxylic acids is 2. The molecule has 46 heavy (non-hydrogen) atoms. The molecular formula is C31H48ClN5O9. The lowest BCUT2D eigenvalue weighted by Gasteiger charge is -2.48. The average Bonchev–Trinajstić information content (AvgIpc) is 2.95. The zero-order chi connectivity index (χ0) is 35.6. The highest BCUT2D eigenvalue weighted by atomic mass is 35.5. The Labute approximate surface area is 274 Å². The maximum atomic E-state index is 13.2. The molecule has 0 unspecified atom stereocenters. The molecule has 2 rings (SSSR count). The van der Waals surface area contributed by atoms with Crippen molar-refractivity contribution in [2.45, 2.75) is 65.6 Å². The number of ether oxygens (including phenoxy) is 1. The number of hydrogen-bond acceptors (Lipinski definition) is 9. The summed E-state index contributed by atoms with van der Waals surface area (Å²) in [6.07, 6.45) is 0.287. The molecule has 0 spiro atoms. The highest BCUT2D eigenvalue weighted by Gasteiger charge is 2.41. The molecule has 14 nitrogen and oxygen atoms in total. The van der Waals surface area contributed by atoms with Gasteiger partial charge < -0.3 is 41.7 Å². The molecule has 0 radical (unpaired) electrons. The fourth-order valence-corrected chi connectivity index (χ4v) is 4.77. The van der Waals surface area contributed by atoms with Crippen LogP contribution in [0.3, 0.4) is 0 Å². The fraction of sp³-hybridized carbons (Fsp3) is 0.581. The number of rotatable bonds is 14. The molecule has 258 valence electrons. The van der Waals surface area contributed by atoms with Crippen LogP contribution in [0.15, 0.2) is 30.4 Å². The van der Waals surface area contributed by atoms with E-state index in [1.165, 1.54) is 0 Å². The van der Waals surface area contributed by atoms with Crippen molar-refractivity contribution in [1.29, 1.82) is 0 Å². The smallest absolute Gasteiger partial charge is 0.328 e. The zero-order valence-corrected chi connectivity index (χ0v) is 28.2. The first kappa shape index (κ1) is 40.3. The number of nitrogens with zero attached hydrogens (tertiary/aromatic N) is 2. The number of methoxy groups -OCH3 is 1. The first-order valence-electron chi connectivity index (χ1n) is 14.7. The molecule has 8 N–H and O–H groups in total. The van der Waals surface area contributed by atoms with Crippen LogP contribution >= 0.6 is 11.6 Å². The van der Waals surface area contributed by atoms with Gasteiger partial charge in [0.2, 0.25) is 17.7 Å². The number of nitrogens with one attached hydrogen (secondary N) is 1. The molecule has 0 saturated carbocycles. The number of halogens is 1. The van der Waals surface area contributed by atoms with Crippen molar-refractivity contribution >= 4 is 46.9 Å². The molecule has 1 aliphatic heterocycles. The van der Waals surface area contributed by atoms with Crippen LogP contribution in [0, 0.1) is 17.3 Å². The second-order valence-electron chi connectivity index (χ2n) is 12.8. The van der Waals surface area contributed by atoms with Gasteiger partial charge in [0.15, 0.2) is 0 Å². The summed E-state index contributed by atoms with van der Waals surface area (Å²) in [6, 6.07) is 4.46. The number of carbonyl (C=O) groups excluding carboxylic acids is 3. The van der Waals surface area contributed by atoms with E-state index in [0.717, 1.165) is 0 Å². The number of nitrogens with two attached hydrogens (primary N) is 2. The Kier molecular flexibility index (Phi) is 15.1. The van der Waals surface area contributed by atoms with Crippen molar-refractivity contribution in [3.05, 3.63) is 35.4 Å². The summed E-state index contributed by atoms with van der Waals surface area (Å²) in [7, 11) is 1.54. The van der Waals surface area contributed by atoms with E-state index in [-0.39, 0.29) is 43.8 Å². The summed E-state index contributed by atoms with van der Waals surface area (Å²) in [5.74, 6) is -3.45. The molecule has 1 heterocycles. The Morgan fingerprint density at radius 1 is 1.15 bits per heavy atom. The van der Waals surface area contributed by atoms with Gasteiger partial charge in [-0.15, -0.1) is 0 Å². The molecule has 0 bridgehead atoms. The van der Waals surface area contributed by atoms with E-state index in [0.29, 0.717) is 35.2 Å². The Morgan fingerprint density at radius 2 is 1.72 bits per heavy atom. The van der Waals surface area contributed by atoms with Crippen LogP contribution < -0.4 is 26.4 Å². The third-order valence-corrected chi connectivity index (χ3v) is 8.00. The van der Waals surface area contributed by atoms with Gasteiger partial charge in [-0.05, 0) is 58.2 Å². The molecule has 1 aliphatic rings. The molecule has 1 aromatic carbocycles. The molecule has 0 aliphatic carbocycles. The average molecular weight is 670 g/mol. The van der Waals surface area contributed by atoms with E-state index in [9.17, 15) is 29.1 Å². The van der Waals surface area contributed by atoms with Crippen molar-refractivity contribution < 1.29 is 44.0 Å². The third-order valence-electron chi connectivity index (χ3n) is 7.76. The Morgan fingerprint density at radius 3 is 2.20 bits per heavy atom. The minimum Gasteiger partial charge on any atom is -0.495 e. The first-order chi connectivity index (χ1) is 21.1. The number of piperazine rings is 1. The quantitative estimate of drug-likeness (QED) is 0.155. The zero-order valence-electron chi connectivity index (χ0n) is 27.4. The normalized spacial score (nSPS) is 17.1. The van der Waals surface area contributed by atoms with Crippen molar-refractivity contribution in [3.8, 4) is 5.75 Å². The molecule has 3 atom stereocenters. The number of aliphatic carboxylic acids is 2. The van der Waals surface area contributed by atoms with E-state index < -0.39 is 46.9 Å². The van der Waals surface area contributed by atoms with Crippen LogP contribution in [0.4, 0.5) is 5.69 Å². The van der Waals surface area contributed by atoms with Gasteiger partial charge in [0.25, 0.3) is 0 Å². The second-order valence-corrected chi connectivity index (χ2v) is 13.2. The third kappa shape index (κ3) is 12.2. The van der Waals surface area contributed by atoms with Gasteiger partial charge in [0, 0.05) is 54.3 Å². The summed E-state index contributed by atoms with van der Waals surface area (Å²) in [5.41, 5.74) is 11.1. The topological polar surface area (TPSA) is 226 Å². The van der Waals surface area contributed by atoms with Crippen molar-refractivity contribution in [3.63, 3.8) is 0 Å². The van der Waals surface area contributed by atoms with Crippen LogP contribution in [0.25, 0.3) is 0 Å². The molecule has 3 amide bonds. The molecule has 1 aromatic rings. The van der Waals surface area contributed by atoms with Crippen molar-refractivity contribution in [2.75, 3.05) is 38.2 Å². The van der Waals surface area contributed by atoms with Crippen LogP contribution in [-0.2, 0) is 24.0 Å². The number of primary amides is 1. The number of aliphatic hydroxyl groups is 1. The second kappa shape index (κ2) is 17.3. The summed E-state index contributed by atoms with van der Waals surface area (Å²) in [5, 5.41) is 29.9. The van der Waals surface area contributed by atoms with Gasteiger partial charge in [0.1, 0.15) is 5.75 Å². The molecule has 15 heteroatoms. The van der Waals surface area contributed by atoms with Crippen molar-refractivity contribution in [2.24, 2.45) is 28.7 Å². The van der Waals surface area contributed by atoms with E-state index >= 15 is 0 Å². The van der Waals surface area contributed by atoms with Gasteiger partial charge in [-0.3, -0.25) is 19.3 Å². The van der Waals surface area contributed by atoms with Crippen molar-refractivity contribution in [1.82, 2.24) is 10.2 Å². The first-order valence-corrected chi connectivity index (χ1v) is 15.0. The number of aliphatic hydroxyl groups excluding tert-OH is 1.